The van der Waals surface area contributed by atoms with Gasteiger partial charge in [-0.15, -0.1) is 0 Å². The van der Waals surface area contributed by atoms with Gasteiger partial charge in [-0.05, 0) is 61.6 Å². The molecule has 0 aliphatic carbocycles. The van der Waals surface area contributed by atoms with Gasteiger partial charge in [-0.2, -0.15) is 0 Å². The molecule has 146 valence electrons. The fraction of sp³-hybridized carbons (Fsp3) is 0.333. The number of hydrogen-bond acceptors (Lipinski definition) is 4. The van der Waals surface area contributed by atoms with E-state index in [0.29, 0.717) is 17.2 Å². The molecule has 2 aromatic rings. The number of nitrogens with zero attached hydrogens (tertiary/aromatic N) is 2. The zero-order valence-electron chi connectivity index (χ0n) is 15.9. The highest BCUT2D eigenvalue weighted by molar-refractivity contribution is 6.06. The summed E-state index contributed by atoms with van der Waals surface area (Å²) in [4.78, 5) is 41.7. The molecule has 7 nitrogen and oxygen atoms in total. The molecule has 0 unspecified atom stereocenters. The first-order chi connectivity index (χ1) is 13.3. The van der Waals surface area contributed by atoms with Gasteiger partial charge in [0.05, 0.1) is 0 Å². The van der Waals surface area contributed by atoms with Crippen LogP contribution in [0.3, 0.4) is 0 Å². The Hall–Kier alpha value is -3.22. The average Bonchev–Trinajstić information content (AvgIpc) is 2.69. The highest BCUT2D eigenvalue weighted by Gasteiger charge is 2.22. The number of nitrogens with one attached hydrogen (secondary N) is 1. The van der Waals surface area contributed by atoms with Crippen LogP contribution in [0.1, 0.15) is 56.5 Å². The van der Waals surface area contributed by atoms with Crippen LogP contribution in [-0.2, 0) is 0 Å². The number of carboxylic acid groups (broad SMARTS) is 1. The number of rotatable bonds is 4. The maximum atomic E-state index is 12.7. The number of aromatic carboxylic acids is 1. The van der Waals surface area contributed by atoms with Crippen LogP contribution in [0.5, 0.6) is 0 Å². The largest absolute Gasteiger partial charge is 0.477 e. The Morgan fingerprint density at radius 1 is 1.11 bits per heavy atom. The third kappa shape index (κ3) is 4.36. The molecule has 1 aromatic heterocycles. The minimum absolute atomic E-state index is 0.00751. The van der Waals surface area contributed by atoms with Crippen molar-refractivity contribution in [3.63, 3.8) is 0 Å². The second kappa shape index (κ2) is 8.21. The zero-order chi connectivity index (χ0) is 20.3. The van der Waals surface area contributed by atoms with Gasteiger partial charge in [0, 0.05) is 36.1 Å². The maximum absolute atomic E-state index is 12.7. The number of anilines is 1. The van der Waals surface area contributed by atoms with Crippen LogP contribution in [0.2, 0.25) is 0 Å². The summed E-state index contributed by atoms with van der Waals surface area (Å²) in [5.41, 5.74) is 1.94. The maximum Gasteiger partial charge on any atom is 0.354 e. The van der Waals surface area contributed by atoms with Crippen molar-refractivity contribution in [2.75, 3.05) is 18.4 Å². The predicted molar refractivity (Wildman–Crippen MR) is 105 cm³/mol. The Bertz CT molecular complexity index is 918. The number of aromatic nitrogens is 1. The highest BCUT2D eigenvalue weighted by atomic mass is 16.4. The number of amides is 2. The Balaban J connectivity index is 1.72. The molecule has 0 bridgehead atoms. The van der Waals surface area contributed by atoms with E-state index in [1.165, 1.54) is 18.3 Å². The van der Waals surface area contributed by atoms with Crippen LogP contribution in [-0.4, -0.2) is 45.9 Å². The van der Waals surface area contributed by atoms with Gasteiger partial charge in [0.15, 0.2) is 0 Å². The zero-order valence-corrected chi connectivity index (χ0v) is 15.9. The Morgan fingerprint density at radius 2 is 1.82 bits per heavy atom. The molecule has 7 heteroatoms. The van der Waals surface area contributed by atoms with Crippen LogP contribution in [0.4, 0.5) is 5.69 Å². The number of hydrogen-bond donors (Lipinski definition) is 2. The Kier molecular flexibility index (Phi) is 5.73. The molecule has 2 heterocycles. The molecule has 28 heavy (non-hydrogen) atoms. The van der Waals surface area contributed by atoms with Gasteiger partial charge in [0.1, 0.15) is 5.69 Å². The van der Waals surface area contributed by atoms with E-state index in [0.717, 1.165) is 31.5 Å². The number of carbonyl (C=O) groups is 3. The summed E-state index contributed by atoms with van der Waals surface area (Å²) in [5.74, 6) is -0.968. The SMILES string of the molecule is Cc1cc(C(=O)N2CCC(C)CC2)ccc1NC(=O)c1ccnc(C(=O)O)c1. The minimum atomic E-state index is -1.19. The smallest absolute Gasteiger partial charge is 0.354 e. The van der Waals surface area contributed by atoms with Gasteiger partial charge < -0.3 is 15.3 Å². The number of aryl methyl sites for hydroxylation is 1. The van der Waals surface area contributed by atoms with E-state index in [-0.39, 0.29) is 17.2 Å². The van der Waals surface area contributed by atoms with Gasteiger partial charge >= 0.3 is 5.97 Å². The molecular formula is C21H23N3O4. The molecule has 1 saturated heterocycles. The molecule has 1 aromatic carbocycles. The molecule has 3 rings (SSSR count). The molecule has 1 aliphatic rings. The molecule has 0 spiro atoms. The van der Waals surface area contributed by atoms with Crippen molar-refractivity contribution in [2.24, 2.45) is 5.92 Å². The van der Waals surface area contributed by atoms with Gasteiger partial charge in [0.25, 0.3) is 11.8 Å². The summed E-state index contributed by atoms with van der Waals surface area (Å²) in [5, 5.41) is 11.8. The lowest BCUT2D eigenvalue weighted by atomic mass is 9.98. The summed E-state index contributed by atoms with van der Waals surface area (Å²) in [6.07, 6.45) is 3.32. The highest BCUT2D eigenvalue weighted by Crippen LogP contribution is 2.22. The van der Waals surface area contributed by atoms with Crippen molar-refractivity contribution in [3.8, 4) is 0 Å². The fourth-order valence-electron chi connectivity index (χ4n) is 3.21. The summed E-state index contributed by atoms with van der Waals surface area (Å²) in [6.45, 7) is 5.56. The summed E-state index contributed by atoms with van der Waals surface area (Å²) in [6, 6.07) is 7.85. The van der Waals surface area contributed by atoms with E-state index in [4.69, 9.17) is 5.11 Å². The van der Waals surface area contributed by atoms with Crippen molar-refractivity contribution in [1.82, 2.24) is 9.88 Å². The van der Waals surface area contributed by atoms with Crippen molar-refractivity contribution >= 4 is 23.5 Å². The molecule has 1 aliphatic heterocycles. The molecule has 1 fully saturated rings. The number of piperidine rings is 1. The van der Waals surface area contributed by atoms with Gasteiger partial charge in [-0.1, -0.05) is 6.92 Å². The second-order valence-corrected chi connectivity index (χ2v) is 7.19. The normalized spacial score (nSPS) is 14.6. The fourth-order valence-corrected chi connectivity index (χ4v) is 3.21. The third-order valence-corrected chi connectivity index (χ3v) is 5.03. The molecule has 2 N–H and O–H groups in total. The van der Waals surface area contributed by atoms with E-state index in [1.807, 2.05) is 11.8 Å². The molecular weight excluding hydrogens is 358 g/mol. The van der Waals surface area contributed by atoms with Crippen LogP contribution in [0.25, 0.3) is 0 Å². The number of carbonyl (C=O) groups excluding carboxylic acids is 2. The van der Waals surface area contributed by atoms with Gasteiger partial charge in [-0.3, -0.25) is 9.59 Å². The van der Waals surface area contributed by atoms with Crippen LogP contribution < -0.4 is 5.32 Å². The van der Waals surface area contributed by atoms with Crippen LogP contribution in [0, 0.1) is 12.8 Å². The van der Waals surface area contributed by atoms with Gasteiger partial charge in [0.2, 0.25) is 0 Å². The van der Waals surface area contributed by atoms with E-state index >= 15 is 0 Å². The monoisotopic (exact) mass is 381 g/mol. The number of likely N-dealkylation sites (tertiary alicyclic amines) is 1. The number of carboxylic acids is 1. The van der Waals surface area contributed by atoms with Crippen molar-refractivity contribution in [1.29, 1.82) is 0 Å². The molecule has 0 atom stereocenters. The lowest BCUT2D eigenvalue weighted by Gasteiger charge is -2.30. The first-order valence-electron chi connectivity index (χ1n) is 9.26. The first-order valence-corrected chi connectivity index (χ1v) is 9.26. The van der Waals surface area contributed by atoms with Crippen molar-refractivity contribution < 1.29 is 19.5 Å². The topological polar surface area (TPSA) is 99.6 Å². The van der Waals surface area contributed by atoms with Crippen molar-refractivity contribution in [2.45, 2.75) is 26.7 Å². The predicted octanol–water partition coefficient (Wildman–Crippen LogP) is 3.21. The Morgan fingerprint density at radius 3 is 2.46 bits per heavy atom. The van der Waals surface area contributed by atoms with E-state index < -0.39 is 11.9 Å². The summed E-state index contributed by atoms with van der Waals surface area (Å²) >= 11 is 0. The summed E-state index contributed by atoms with van der Waals surface area (Å²) in [7, 11) is 0. The molecule has 0 radical (unpaired) electrons. The van der Waals surface area contributed by atoms with Crippen molar-refractivity contribution in [3.05, 3.63) is 58.9 Å². The van der Waals surface area contributed by atoms with Crippen LogP contribution in [0.15, 0.2) is 36.5 Å². The molecule has 0 saturated carbocycles. The quantitative estimate of drug-likeness (QED) is 0.847. The van der Waals surface area contributed by atoms with E-state index in [2.05, 4.69) is 17.2 Å². The number of benzene rings is 1. The molecule has 2 amide bonds. The first kappa shape index (κ1) is 19.5. The van der Waals surface area contributed by atoms with E-state index in [1.54, 1.807) is 18.2 Å². The standard InChI is InChI=1S/C21H23N3O4/c1-13-6-9-24(10-7-13)20(26)16-3-4-17(14(2)11-16)23-19(25)15-5-8-22-18(12-15)21(27)28/h3-5,8,11-13H,6-7,9-10H2,1-2H3,(H,23,25)(H,27,28). The lowest BCUT2D eigenvalue weighted by Crippen LogP contribution is -2.37. The number of pyridine rings is 1. The Labute approximate surface area is 163 Å². The average molecular weight is 381 g/mol. The van der Waals surface area contributed by atoms with Gasteiger partial charge in [-0.25, -0.2) is 9.78 Å². The van der Waals surface area contributed by atoms with Crippen LogP contribution >= 0.6 is 0 Å². The minimum Gasteiger partial charge on any atom is -0.477 e. The third-order valence-electron chi connectivity index (χ3n) is 5.03. The second-order valence-electron chi connectivity index (χ2n) is 7.19. The van der Waals surface area contributed by atoms with E-state index in [9.17, 15) is 14.4 Å². The lowest BCUT2D eigenvalue weighted by molar-refractivity contribution is 0.0684. The summed E-state index contributed by atoms with van der Waals surface area (Å²) < 4.78 is 0.